The fourth-order valence-electron chi connectivity index (χ4n) is 6.24. The van der Waals surface area contributed by atoms with Crippen LogP contribution in [0.5, 0.6) is 5.75 Å². The average molecular weight is 326 g/mol. The Kier molecular flexibility index (Phi) is 3.08. The van der Waals surface area contributed by atoms with Crippen LogP contribution in [0.4, 0.5) is 0 Å². The van der Waals surface area contributed by atoms with Gasteiger partial charge in [0.2, 0.25) is 0 Å². The second kappa shape index (κ2) is 4.99. The number of hydrogen-bond acceptors (Lipinski definition) is 3. The lowest BCUT2D eigenvalue weighted by Gasteiger charge is -2.59. The molecule has 0 radical (unpaired) electrons. The molecule has 0 amide bonds. The second-order valence-electron chi connectivity index (χ2n) is 8.19. The molecule has 2 saturated heterocycles. The van der Waals surface area contributed by atoms with E-state index in [0.717, 1.165) is 30.3 Å². The maximum absolute atomic E-state index is 10.6. The zero-order valence-electron chi connectivity index (χ0n) is 14.3. The van der Waals surface area contributed by atoms with E-state index in [0.29, 0.717) is 23.6 Å². The van der Waals surface area contributed by atoms with Gasteiger partial charge in [0.1, 0.15) is 5.75 Å². The molecule has 3 N–H and O–H groups in total. The highest BCUT2D eigenvalue weighted by Crippen LogP contribution is 2.54. The highest BCUT2D eigenvalue weighted by molar-refractivity contribution is 5.86. The minimum Gasteiger partial charge on any atom is -0.508 e. The van der Waals surface area contributed by atoms with Gasteiger partial charge in [-0.2, -0.15) is 0 Å². The first-order valence-electron chi connectivity index (χ1n) is 9.35. The van der Waals surface area contributed by atoms with E-state index in [9.17, 15) is 10.2 Å². The van der Waals surface area contributed by atoms with Crippen molar-refractivity contribution in [2.45, 2.75) is 44.1 Å². The molecular formula is C20H26N2O2. The topological polar surface area (TPSA) is 59.5 Å². The van der Waals surface area contributed by atoms with Crippen molar-refractivity contribution >= 4 is 10.9 Å². The third-order valence-corrected chi connectivity index (χ3v) is 7.03. The van der Waals surface area contributed by atoms with Gasteiger partial charge < -0.3 is 15.2 Å². The number of phenolic OH excluding ortho intramolecular Hbond substituents is 1. The van der Waals surface area contributed by atoms with Crippen LogP contribution in [-0.4, -0.2) is 45.8 Å². The second-order valence-corrected chi connectivity index (χ2v) is 8.19. The van der Waals surface area contributed by atoms with Crippen LogP contribution < -0.4 is 0 Å². The largest absolute Gasteiger partial charge is 0.508 e. The number of benzene rings is 1. The predicted octanol–water partition coefficient (Wildman–Crippen LogP) is 2.78. The lowest BCUT2D eigenvalue weighted by atomic mass is 9.57. The summed E-state index contributed by atoms with van der Waals surface area (Å²) in [4.78, 5) is 6.32. The van der Waals surface area contributed by atoms with Gasteiger partial charge in [-0.25, -0.2) is 0 Å². The average Bonchev–Trinajstić information content (AvgIpc) is 2.93. The Balaban J connectivity index is 1.77. The van der Waals surface area contributed by atoms with Gasteiger partial charge in [-0.3, -0.25) is 4.90 Å². The molecule has 4 heteroatoms. The molecule has 5 atom stereocenters. The molecule has 6 rings (SSSR count). The third kappa shape index (κ3) is 1.76. The number of aliphatic hydroxyl groups excluding tert-OH is 1. The molecular weight excluding hydrogens is 300 g/mol. The quantitative estimate of drug-likeness (QED) is 0.795. The predicted molar refractivity (Wildman–Crippen MR) is 94.3 cm³/mol. The number of nitrogens with zero attached hydrogens (tertiary/aromatic N) is 1. The van der Waals surface area contributed by atoms with Crippen LogP contribution in [0.15, 0.2) is 18.2 Å². The van der Waals surface area contributed by atoms with Crippen LogP contribution in [0.2, 0.25) is 0 Å². The summed E-state index contributed by atoms with van der Waals surface area (Å²) in [5.74, 6) is 1.69. The Hall–Kier alpha value is -1.52. The van der Waals surface area contributed by atoms with Crippen molar-refractivity contribution in [1.29, 1.82) is 0 Å². The smallest absolute Gasteiger partial charge is 0.116 e. The standard InChI is InChI=1S/C20H26N2O2/c1-2-13-7-12-9-20(11-23)18-15(5-6-22(10-12)19(13)20)16-8-14(24)3-4-17(16)21-18/h3-4,8,12-13,19,21,23-24H,2,5-7,9-11H2,1H3/t12-,13?,19?,20+/m0/s1. The molecule has 4 bridgehead atoms. The van der Waals surface area contributed by atoms with E-state index < -0.39 is 0 Å². The highest BCUT2D eigenvalue weighted by atomic mass is 16.3. The molecule has 3 aliphatic heterocycles. The summed E-state index contributed by atoms with van der Waals surface area (Å²) < 4.78 is 0. The Morgan fingerprint density at radius 2 is 2.25 bits per heavy atom. The zero-order valence-corrected chi connectivity index (χ0v) is 14.3. The number of piperidine rings is 2. The van der Waals surface area contributed by atoms with Crippen molar-refractivity contribution in [2.75, 3.05) is 19.7 Å². The lowest BCUT2D eigenvalue weighted by Crippen LogP contribution is -2.65. The summed E-state index contributed by atoms with van der Waals surface area (Å²) in [5.41, 5.74) is 3.50. The molecule has 1 aliphatic carbocycles. The number of phenols is 1. The van der Waals surface area contributed by atoms with Crippen LogP contribution in [0.1, 0.15) is 37.4 Å². The summed E-state index contributed by atoms with van der Waals surface area (Å²) >= 11 is 0. The number of aliphatic hydroxyl groups is 1. The summed E-state index contributed by atoms with van der Waals surface area (Å²) in [7, 11) is 0. The van der Waals surface area contributed by atoms with Gasteiger partial charge >= 0.3 is 0 Å². The van der Waals surface area contributed by atoms with E-state index in [2.05, 4.69) is 16.8 Å². The normalized spacial score (nSPS) is 37.4. The van der Waals surface area contributed by atoms with Crippen molar-refractivity contribution in [1.82, 2.24) is 9.88 Å². The van der Waals surface area contributed by atoms with Gasteiger partial charge in [-0.1, -0.05) is 13.3 Å². The van der Waals surface area contributed by atoms with Gasteiger partial charge in [-0.15, -0.1) is 0 Å². The van der Waals surface area contributed by atoms with Crippen molar-refractivity contribution < 1.29 is 10.2 Å². The first-order valence-corrected chi connectivity index (χ1v) is 9.35. The minimum atomic E-state index is -0.164. The zero-order chi connectivity index (χ0) is 16.5. The molecule has 3 fully saturated rings. The van der Waals surface area contributed by atoms with Gasteiger partial charge in [-0.05, 0) is 54.9 Å². The molecule has 2 aromatic rings. The molecule has 3 unspecified atom stereocenters. The Labute approximate surface area is 142 Å². The van der Waals surface area contributed by atoms with E-state index in [1.54, 1.807) is 6.07 Å². The van der Waals surface area contributed by atoms with E-state index >= 15 is 0 Å². The van der Waals surface area contributed by atoms with E-state index in [4.69, 9.17) is 0 Å². The summed E-state index contributed by atoms with van der Waals surface area (Å²) in [6.07, 6.45) is 4.60. The number of fused-ring (bicyclic) bond motifs is 4. The highest BCUT2D eigenvalue weighted by Gasteiger charge is 2.57. The van der Waals surface area contributed by atoms with Crippen molar-refractivity contribution in [3.8, 4) is 5.75 Å². The van der Waals surface area contributed by atoms with Gasteiger partial charge in [0.25, 0.3) is 0 Å². The SMILES string of the molecule is CCC1C[C@@H]2CN3CCc4c([nH]c5ccc(O)cc45)[C@](CO)(C2)C13. The van der Waals surface area contributed by atoms with Crippen LogP contribution in [-0.2, 0) is 11.8 Å². The number of aromatic hydroxyl groups is 1. The Morgan fingerprint density at radius 3 is 3.04 bits per heavy atom. The minimum absolute atomic E-state index is 0.164. The molecule has 128 valence electrons. The molecule has 1 aromatic carbocycles. The molecule has 24 heavy (non-hydrogen) atoms. The number of aromatic nitrogens is 1. The van der Waals surface area contributed by atoms with E-state index in [1.807, 2.05) is 12.1 Å². The summed E-state index contributed by atoms with van der Waals surface area (Å²) in [6, 6.07) is 6.05. The fraction of sp³-hybridized carbons (Fsp3) is 0.600. The first kappa shape index (κ1) is 14.8. The van der Waals surface area contributed by atoms with Gasteiger partial charge in [0, 0.05) is 41.1 Å². The monoisotopic (exact) mass is 326 g/mol. The summed E-state index contributed by atoms with van der Waals surface area (Å²) in [6.45, 7) is 4.77. The van der Waals surface area contributed by atoms with Gasteiger partial charge in [0.05, 0.1) is 6.61 Å². The van der Waals surface area contributed by atoms with Crippen LogP contribution in [0, 0.1) is 11.8 Å². The molecule has 1 saturated carbocycles. The van der Waals surface area contributed by atoms with Crippen LogP contribution >= 0.6 is 0 Å². The van der Waals surface area contributed by atoms with Crippen molar-refractivity contribution in [2.24, 2.45) is 11.8 Å². The number of nitrogens with one attached hydrogen (secondary N) is 1. The van der Waals surface area contributed by atoms with Gasteiger partial charge in [0.15, 0.2) is 0 Å². The number of aromatic amines is 1. The fourth-order valence-corrected chi connectivity index (χ4v) is 6.24. The van der Waals surface area contributed by atoms with Crippen molar-refractivity contribution in [3.63, 3.8) is 0 Å². The molecule has 1 aromatic heterocycles. The summed E-state index contributed by atoms with van der Waals surface area (Å²) in [5, 5.41) is 21.7. The van der Waals surface area contributed by atoms with Crippen LogP contribution in [0.25, 0.3) is 10.9 Å². The molecule has 4 heterocycles. The Morgan fingerprint density at radius 1 is 1.38 bits per heavy atom. The first-order chi connectivity index (χ1) is 11.7. The van der Waals surface area contributed by atoms with Crippen LogP contribution in [0.3, 0.4) is 0 Å². The van der Waals surface area contributed by atoms with Crippen molar-refractivity contribution in [3.05, 3.63) is 29.5 Å². The number of H-pyrrole nitrogens is 1. The molecule has 4 nitrogen and oxygen atoms in total. The number of rotatable bonds is 2. The third-order valence-electron chi connectivity index (χ3n) is 7.03. The molecule has 4 aliphatic rings. The van der Waals surface area contributed by atoms with E-state index in [1.165, 1.54) is 30.6 Å². The maximum Gasteiger partial charge on any atom is 0.116 e. The molecule has 0 spiro atoms. The lowest BCUT2D eigenvalue weighted by molar-refractivity contribution is -0.0775. The van der Waals surface area contributed by atoms with E-state index in [-0.39, 0.29) is 12.0 Å². The Bertz CT molecular complexity index is 798. The number of hydrogen-bond donors (Lipinski definition) is 3. The maximum atomic E-state index is 10.6.